The fourth-order valence-corrected chi connectivity index (χ4v) is 5.52. The molecular weight excluding hydrogens is 552 g/mol. The average molecular weight is 579 g/mol. The summed E-state index contributed by atoms with van der Waals surface area (Å²) in [6.45, 7) is 0. The zero-order valence-electron chi connectivity index (χ0n) is 21.6. The van der Waals surface area contributed by atoms with Gasteiger partial charge in [0.15, 0.2) is 23.0 Å². The molecule has 0 saturated heterocycles. The fraction of sp³-hybridized carbons (Fsp3) is 0.200. The summed E-state index contributed by atoms with van der Waals surface area (Å²) in [5, 5.41) is 105. The van der Waals surface area contributed by atoms with Crippen LogP contribution < -0.4 is 9.47 Å². The van der Waals surface area contributed by atoms with Gasteiger partial charge < -0.3 is 60.5 Å². The monoisotopic (exact) mass is 578 g/mol. The number of rotatable bonds is 3. The van der Waals surface area contributed by atoms with Crippen LogP contribution in [0.25, 0.3) is 11.1 Å². The third kappa shape index (κ3) is 4.24. The molecule has 4 atom stereocenters. The SMILES string of the molecule is Oc1ccc([C@H]2Oc3cc(O)c(-c4c(O)cc5c(c4O)C[C@@H](O)[C@@H](c4ccc(O)c(O)c4)O5)c(O)c3C[C@H]2O)cc1O. The van der Waals surface area contributed by atoms with Gasteiger partial charge >= 0.3 is 0 Å². The molecule has 218 valence electrons. The minimum absolute atomic E-state index is 0.00676. The standard InChI is InChI=1S/C30H26O12/c31-15-3-1-11(5-17(15)33)29-21(37)7-13-23(41-29)9-19(35)25(27(13)39)26-20(36)10-24-14(28(26)40)8-22(38)30(42-24)12-2-4-16(32)18(34)6-12/h1-6,9-10,21-22,29-40H,7-8H2/t21-,22-,29-,30-/m1/s1. The maximum absolute atomic E-state index is 11.2. The predicted molar refractivity (Wildman–Crippen MR) is 144 cm³/mol. The molecular formula is C30H26O12. The van der Waals surface area contributed by atoms with Crippen LogP contribution in [0.5, 0.6) is 57.5 Å². The number of ether oxygens (including phenoxy) is 2. The Morgan fingerprint density at radius 2 is 0.857 bits per heavy atom. The van der Waals surface area contributed by atoms with Gasteiger partial charge in [-0.1, -0.05) is 12.1 Å². The Morgan fingerprint density at radius 3 is 1.21 bits per heavy atom. The maximum Gasteiger partial charge on any atom is 0.157 e. The van der Waals surface area contributed by atoms with E-state index in [2.05, 4.69) is 0 Å². The third-order valence-electron chi connectivity index (χ3n) is 7.63. The van der Waals surface area contributed by atoms with Gasteiger partial charge in [-0.2, -0.15) is 0 Å². The molecule has 0 aliphatic carbocycles. The highest BCUT2D eigenvalue weighted by Crippen LogP contribution is 2.56. The topological polar surface area (TPSA) is 221 Å². The van der Waals surface area contributed by atoms with Gasteiger partial charge in [0.1, 0.15) is 46.7 Å². The number of phenols is 8. The molecule has 10 N–H and O–H groups in total. The van der Waals surface area contributed by atoms with Crippen LogP contribution in [0.2, 0.25) is 0 Å². The first-order valence-corrected chi connectivity index (χ1v) is 12.8. The first kappa shape index (κ1) is 27.0. The number of aromatic hydroxyl groups is 8. The summed E-state index contributed by atoms with van der Waals surface area (Å²) < 4.78 is 11.7. The highest BCUT2D eigenvalue weighted by Gasteiger charge is 2.38. The Hall–Kier alpha value is -5.20. The smallest absolute Gasteiger partial charge is 0.157 e. The van der Waals surface area contributed by atoms with Crippen LogP contribution in [0.4, 0.5) is 0 Å². The maximum atomic E-state index is 11.2. The van der Waals surface area contributed by atoms with Crippen molar-refractivity contribution in [2.24, 2.45) is 0 Å². The minimum Gasteiger partial charge on any atom is -0.507 e. The van der Waals surface area contributed by atoms with Crippen LogP contribution in [0.3, 0.4) is 0 Å². The van der Waals surface area contributed by atoms with Crippen LogP contribution in [-0.4, -0.2) is 63.3 Å². The second-order valence-electron chi connectivity index (χ2n) is 10.3. The van der Waals surface area contributed by atoms with Crippen LogP contribution >= 0.6 is 0 Å². The molecule has 0 aromatic heterocycles. The number of aliphatic hydroxyl groups is 2. The molecule has 2 heterocycles. The lowest BCUT2D eigenvalue weighted by atomic mass is 9.88. The van der Waals surface area contributed by atoms with E-state index in [1.165, 1.54) is 36.4 Å². The van der Waals surface area contributed by atoms with E-state index in [1.807, 2.05) is 0 Å². The van der Waals surface area contributed by atoms with Crippen molar-refractivity contribution in [3.63, 3.8) is 0 Å². The van der Waals surface area contributed by atoms with Gasteiger partial charge in [0, 0.05) is 36.1 Å². The predicted octanol–water partition coefficient (Wildman–Crippen LogP) is 3.07. The minimum atomic E-state index is -1.23. The molecule has 0 unspecified atom stereocenters. The Labute approximate surface area is 237 Å². The first-order valence-electron chi connectivity index (χ1n) is 12.8. The van der Waals surface area contributed by atoms with Gasteiger partial charge in [-0.15, -0.1) is 0 Å². The summed E-state index contributed by atoms with van der Waals surface area (Å²) in [4.78, 5) is 0. The zero-order valence-corrected chi connectivity index (χ0v) is 21.6. The van der Waals surface area contributed by atoms with E-state index in [-0.39, 0.29) is 58.1 Å². The summed E-state index contributed by atoms with van der Waals surface area (Å²) in [7, 11) is 0. The quantitative estimate of drug-likeness (QED) is 0.159. The van der Waals surface area contributed by atoms with Crippen molar-refractivity contribution in [2.75, 3.05) is 0 Å². The lowest BCUT2D eigenvalue weighted by Crippen LogP contribution is -2.30. The van der Waals surface area contributed by atoms with Crippen molar-refractivity contribution in [1.29, 1.82) is 0 Å². The van der Waals surface area contributed by atoms with E-state index < -0.39 is 58.9 Å². The van der Waals surface area contributed by atoms with Gasteiger partial charge in [-0.05, 0) is 35.4 Å². The molecule has 0 amide bonds. The fourth-order valence-electron chi connectivity index (χ4n) is 5.52. The molecule has 0 fully saturated rings. The number of hydrogen-bond acceptors (Lipinski definition) is 12. The van der Waals surface area contributed by atoms with E-state index in [0.29, 0.717) is 11.1 Å². The molecule has 2 aliphatic heterocycles. The normalized spacial score (nSPS) is 21.1. The molecule has 42 heavy (non-hydrogen) atoms. The van der Waals surface area contributed by atoms with Gasteiger partial charge in [0.05, 0.1) is 23.3 Å². The van der Waals surface area contributed by atoms with E-state index in [0.717, 1.165) is 12.1 Å². The van der Waals surface area contributed by atoms with E-state index in [4.69, 9.17) is 9.47 Å². The van der Waals surface area contributed by atoms with Crippen molar-refractivity contribution in [1.82, 2.24) is 0 Å². The highest BCUT2D eigenvalue weighted by atomic mass is 16.5. The Morgan fingerprint density at radius 1 is 0.476 bits per heavy atom. The van der Waals surface area contributed by atoms with E-state index in [9.17, 15) is 51.1 Å². The van der Waals surface area contributed by atoms with Crippen LogP contribution in [-0.2, 0) is 12.8 Å². The Balaban J connectivity index is 1.38. The average Bonchev–Trinajstić information content (AvgIpc) is 2.94. The molecule has 12 nitrogen and oxygen atoms in total. The van der Waals surface area contributed by atoms with Crippen molar-refractivity contribution in [3.8, 4) is 68.6 Å². The molecule has 2 aliphatic rings. The van der Waals surface area contributed by atoms with Crippen LogP contribution in [0.15, 0.2) is 48.5 Å². The highest BCUT2D eigenvalue weighted by molar-refractivity contribution is 5.88. The number of hydrogen-bond donors (Lipinski definition) is 10. The van der Waals surface area contributed by atoms with Crippen LogP contribution in [0.1, 0.15) is 34.5 Å². The molecule has 4 aromatic rings. The van der Waals surface area contributed by atoms with E-state index in [1.54, 1.807) is 0 Å². The molecule has 0 bridgehead atoms. The molecule has 0 saturated carbocycles. The third-order valence-corrected chi connectivity index (χ3v) is 7.63. The molecule has 12 heteroatoms. The van der Waals surface area contributed by atoms with Crippen LogP contribution in [0, 0.1) is 0 Å². The second-order valence-corrected chi connectivity index (χ2v) is 10.3. The number of fused-ring (bicyclic) bond motifs is 2. The van der Waals surface area contributed by atoms with Crippen molar-refractivity contribution >= 4 is 0 Å². The lowest BCUT2D eigenvalue weighted by molar-refractivity contribution is 0.0195. The number of phenolic OH excluding ortho intramolecular Hbond substituents is 8. The van der Waals surface area contributed by atoms with Crippen molar-refractivity contribution in [3.05, 3.63) is 70.8 Å². The molecule has 4 aromatic carbocycles. The van der Waals surface area contributed by atoms with E-state index >= 15 is 0 Å². The molecule has 6 rings (SSSR count). The van der Waals surface area contributed by atoms with Crippen molar-refractivity contribution in [2.45, 2.75) is 37.3 Å². The first-order chi connectivity index (χ1) is 19.9. The summed E-state index contributed by atoms with van der Waals surface area (Å²) in [5.74, 6) is -3.84. The van der Waals surface area contributed by atoms with Gasteiger partial charge in [0.2, 0.25) is 0 Å². The summed E-state index contributed by atoms with van der Waals surface area (Å²) in [6, 6.07) is 10.1. The zero-order chi connectivity index (χ0) is 30.0. The Bertz CT molecular complexity index is 1610. The summed E-state index contributed by atoms with van der Waals surface area (Å²) in [6.07, 6.45) is -4.82. The largest absolute Gasteiger partial charge is 0.507 e. The second kappa shape index (κ2) is 9.72. The lowest BCUT2D eigenvalue weighted by Gasteiger charge is -2.33. The van der Waals surface area contributed by atoms with Gasteiger partial charge in [0.25, 0.3) is 0 Å². The number of benzene rings is 4. The van der Waals surface area contributed by atoms with Gasteiger partial charge in [-0.3, -0.25) is 0 Å². The number of aliphatic hydroxyl groups excluding tert-OH is 2. The summed E-state index contributed by atoms with van der Waals surface area (Å²) in [5.41, 5.74) is 0.127. The van der Waals surface area contributed by atoms with Crippen molar-refractivity contribution < 1.29 is 60.5 Å². The van der Waals surface area contributed by atoms with Gasteiger partial charge in [-0.25, -0.2) is 0 Å². The molecule has 0 radical (unpaired) electrons. The molecule has 0 spiro atoms. The Kier molecular flexibility index (Phi) is 6.24. The summed E-state index contributed by atoms with van der Waals surface area (Å²) >= 11 is 0.